The molecule has 0 aromatic heterocycles. The highest BCUT2D eigenvalue weighted by molar-refractivity contribution is 5.95. The number of benzene rings is 4. The zero-order chi connectivity index (χ0) is 30.7. The van der Waals surface area contributed by atoms with Crippen LogP contribution in [0, 0.1) is 11.6 Å². The molecule has 4 aromatic carbocycles. The number of alkyl halides is 7. The van der Waals surface area contributed by atoms with Gasteiger partial charge in [0.05, 0.1) is 11.1 Å². The number of nitrogens with one attached hydrogen (secondary N) is 1. The first-order valence-corrected chi connectivity index (χ1v) is 12.2. The first kappa shape index (κ1) is 30.5. The van der Waals surface area contributed by atoms with Gasteiger partial charge in [-0.05, 0) is 59.2 Å². The molecule has 0 saturated heterocycles. The fraction of sp³-hybridized carbons (Fsp3) is 0.167. The van der Waals surface area contributed by atoms with E-state index in [0.717, 1.165) is 42.5 Å². The Bertz CT molecular complexity index is 1560. The van der Waals surface area contributed by atoms with E-state index >= 15 is 0 Å². The summed E-state index contributed by atoms with van der Waals surface area (Å²) in [6, 6.07) is 17.9. The minimum Gasteiger partial charge on any atom is -0.428 e. The van der Waals surface area contributed by atoms with Gasteiger partial charge in [0, 0.05) is 18.1 Å². The zero-order valence-electron chi connectivity index (χ0n) is 21.2. The summed E-state index contributed by atoms with van der Waals surface area (Å²) in [5.41, 5.74) is -3.65. The van der Waals surface area contributed by atoms with Crippen molar-refractivity contribution in [2.75, 3.05) is 0 Å². The predicted octanol–water partition coefficient (Wildman–Crippen LogP) is 8.14. The highest BCUT2D eigenvalue weighted by Crippen LogP contribution is 2.38. The summed E-state index contributed by atoms with van der Waals surface area (Å²) < 4.78 is 127. The molecule has 42 heavy (non-hydrogen) atoms. The van der Waals surface area contributed by atoms with Crippen LogP contribution in [-0.4, -0.2) is 18.4 Å². The van der Waals surface area contributed by atoms with Crippen molar-refractivity contribution in [3.8, 4) is 5.75 Å². The number of rotatable bonds is 9. The lowest BCUT2D eigenvalue weighted by atomic mass is 9.77. The first-order valence-electron chi connectivity index (χ1n) is 12.2. The molecule has 220 valence electrons. The van der Waals surface area contributed by atoms with Gasteiger partial charge in [0.1, 0.15) is 17.4 Å². The number of ether oxygens (including phenoxy) is 1. The van der Waals surface area contributed by atoms with Gasteiger partial charge in [0.25, 0.3) is 5.91 Å². The summed E-state index contributed by atoms with van der Waals surface area (Å²) in [7, 11) is 0. The van der Waals surface area contributed by atoms with E-state index in [2.05, 4.69) is 10.1 Å². The summed E-state index contributed by atoms with van der Waals surface area (Å²) in [5, 5.41) is 2.54. The van der Waals surface area contributed by atoms with Gasteiger partial charge in [-0.15, -0.1) is 0 Å². The molecule has 1 N–H and O–H groups in total. The van der Waals surface area contributed by atoms with Crippen LogP contribution >= 0.6 is 0 Å². The van der Waals surface area contributed by atoms with Crippen LogP contribution in [0.25, 0.3) is 0 Å². The number of carbonyl (C=O) groups is 1. The average Bonchev–Trinajstić information content (AvgIpc) is 2.92. The van der Waals surface area contributed by atoms with Gasteiger partial charge in [-0.1, -0.05) is 48.5 Å². The molecular weight excluding hydrogens is 577 g/mol. The van der Waals surface area contributed by atoms with Gasteiger partial charge >= 0.3 is 18.7 Å². The van der Waals surface area contributed by atoms with Crippen LogP contribution in [0.15, 0.2) is 97.1 Å². The highest BCUT2D eigenvalue weighted by atomic mass is 19.4. The first-order chi connectivity index (χ1) is 19.7. The number of hydrogen-bond donors (Lipinski definition) is 1. The Hall–Kier alpha value is -4.48. The third-order valence-electron chi connectivity index (χ3n) is 6.28. The van der Waals surface area contributed by atoms with Gasteiger partial charge < -0.3 is 10.1 Å². The molecule has 12 heteroatoms. The Balaban J connectivity index is 1.95. The van der Waals surface area contributed by atoms with Gasteiger partial charge in [-0.25, -0.2) is 8.78 Å². The quantitative estimate of drug-likeness (QED) is 0.198. The second-order valence-electron chi connectivity index (χ2n) is 9.25. The third kappa shape index (κ3) is 6.87. The lowest BCUT2D eigenvalue weighted by Gasteiger charge is -2.37. The summed E-state index contributed by atoms with van der Waals surface area (Å²) in [4.78, 5) is 13.5. The lowest BCUT2D eigenvalue weighted by molar-refractivity contribution is -0.253. The molecule has 0 heterocycles. The molecule has 4 aromatic rings. The van der Waals surface area contributed by atoms with Crippen LogP contribution in [0.3, 0.4) is 0 Å². The molecule has 0 aliphatic rings. The van der Waals surface area contributed by atoms with Crippen molar-refractivity contribution < 1.29 is 49.0 Å². The van der Waals surface area contributed by atoms with Crippen molar-refractivity contribution in [3.63, 3.8) is 0 Å². The van der Waals surface area contributed by atoms with E-state index in [0.29, 0.717) is 17.7 Å². The second-order valence-corrected chi connectivity index (χ2v) is 9.25. The molecule has 0 aliphatic carbocycles. The number of hydrogen-bond acceptors (Lipinski definition) is 2. The Kier molecular flexibility index (Phi) is 8.55. The highest BCUT2D eigenvalue weighted by Gasteiger charge is 2.45. The van der Waals surface area contributed by atoms with Gasteiger partial charge in [-0.3, -0.25) is 4.79 Å². The van der Waals surface area contributed by atoms with Crippen LogP contribution < -0.4 is 10.1 Å². The largest absolute Gasteiger partial charge is 0.461 e. The van der Waals surface area contributed by atoms with E-state index in [1.165, 1.54) is 12.1 Å². The van der Waals surface area contributed by atoms with E-state index in [4.69, 9.17) is 0 Å². The van der Waals surface area contributed by atoms with Crippen LogP contribution in [0.4, 0.5) is 39.5 Å². The maximum absolute atomic E-state index is 14.9. The molecule has 1 atom stereocenters. The molecule has 0 bridgehead atoms. The Labute approximate surface area is 233 Å². The van der Waals surface area contributed by atoms with Crippen LogP contribution in [0.5, 0.6) is 5.75 Å². The minimum atomic E-state index is -5.02. The van der Waals surface area contributed by atoms with Gasteiger partial charge in [-0.2, -0.15) is 30.7 Å². The van der Waals surface area contributed by atoms with Crippen molar-refractivity contribution >= 4 is 5.91 Å². The monoisotopic (exact) mass is 597 g/mol. The summed E-state index contributed by atoms with van der Waals surface area (Å²) in [6.07, 6.45) is -14.4. The molecule has 1 amide bonds. The Morgan fingerprint density at radius 1 is 0.714 bits per heavy atom. The Morgan fingerprint density at radius 2 is 1.36 bits per heavy atom. The molecular formula is C30H20F9NO2. The molecule has 0 fully saturated rings. The van der Waals surface area contributed by atoms with E-state index < -0.39 is 58.7 Å². The topological polar surface area (TPSA) is 38.3 Å². The van der Waals surface area contributed by atoms with Crippen molar-refractivity contribution in [2.45, 2.75) is 30.7 Å². The third-order valence-corrected chi connectivity index (χ3v) is 6.28. The molecule has 0 aliphatic heterocycles. The number of amides is 1. The standard InChI is InChI=1S/C30H20F9NO2/c31-23-11-5-9-20(13-23)28(17-18-6-2-1-3-7-18,40-26(41)19-8-4-10-21(12-19)29(35,36)37)22-14-24(32)16-25(15-22)42-30(38,39)27(33)34/h1-16,27H,17H2,(H,40,41). The molecule has 0 spiro atoms. The number of halogens is 9. The van der Waals surface area contributed by atoms with Crippen LogP contribution in [0.2, 0.25) is 0 Å². The Morgan fingerprint density at radius 3 is 2.00 bits per heavy atom. The fourth-order valence-corrected chi connectivity index (χ4v) is 4.39. The fourth-order valence-electron chi connectivity index (χ4n) is 4.39. The van der Waals surface area contributed by atoms with Crippen molar-refractivity contribution in [1.82, 2.24) is 5.32 Å². The normalized spacial score (nSPS) is 13.5. The molecule has 4 rings (SSSR count). The minimum absolute atomic E-state index is 0.0659. The van der Waals surface area contributed by atoms with Gasteiger partial charge in [0.2, 0.25) is 0 Å². The van der Waals surface area contributed by atoms with Crippen molar-refractivity contribution in [3.05, 3.63) is 137 Å². The van der Waals surface area contributed by atoms with Gasteiger partial charge in [0.15, 0.2) is 0 Å². The van der Waals surface area contributed by atoms with Crippen molar-refractivity contribution in [1.29, 1.82) is 0 Å². The molecule has 1 unspecified atom stereocenters. The van der Waals surface area contributed by atoms with E-state index in [1.807, 2.05) is 0 Å². The average molecular weight is 597 g/mol. The second kappa shape index (κ2) is 11.8. The SMILES string of the molecule is O=C(NC(Cc1ccccc1)(c1cccc(F)c1)c1cc(F)cc(OC(F)(F)C(F)F)c1)c1cccc(C(F)(F)F)c1. The van der Waals surface area contributed by atoms with Crippen molar-refractivity contribution in [2.24, 2.45) is 0 Å². The van der Waals surface area contributed by atoms with Crippen LogP contribution in [-0.2, 0) is 18.1 Å². The maximum Gasteiger partial charge on any atom is 0.461 e. The van der Waals surface area contributed by atoms with E-state index in [-0.39, 0.29) is 17.5 Å². The molecule has 0 saturated carbocycles. The number of carbonyl (C=O) groups excluding carboxylic acids is 1. The zero-order valence-corrected chi connectivity index (χ0v) is 21.2. The van der Waals surface area contributed by atoms with E-state index in [9.17, 15) is 44.3 Å². The maximum atomic E-state index is 14.9. The molecule has 3 nitrogen and oxygen atoms in total. The summed E-state index contributed by atoms with van der Waals surface area (Å²) in [5.74, 6) is -4.23. The van der Waals surface area contributed by atoms with Crippen LogP contribution in [0.1, 0.15) is 32.6 Å². The lowest BCUT2D eigenvalue weighted by Crippen LogP contribution is -2.49. The summed E-state index contributed by atoms with van der Waals surface area (Å²) in [6.45, 7) is 0. The smallest absolute Gasteiger partial charge is 0.428 e. The molecule has 0 radical (unpaired) electrons. The predicted molar refractivity (Wildman–Crippen MR) is 134 cm³/mol. The summed E-state index contributed by atoms with van der Waals surface area (Å²) >= 11 is 0. The van der Waals surface area contributed by atoms with E-state index in [1.54, 1.807) is 30.3 Å².